The van der Waals surface area contributed by atoms with Gasteiger partial charge >= 0.3 is 0 Å². The third-order valence-electron chi connectivity index (χ3n) is 2.10. The van der Waals surface area contributed by atoms with Crippen LogP contribution in [0.2, 0.25) is 0 Å². The molecule has 1 rings (SSSR count). The fourth-order valence-electron chi connectivity index (χ4n) is 1.25. The van der Waals surface area contributed by atoms with Crippen molar-refractivity contribution in [3.63, 3.8) is 0 Å². The highest BCUT2D eigenvalue weighted by Gasteiger charge is 2.14. The van der Waals surface area contributed by atoms with Crippen molar-refractivity contribution in [1.82, 2.24) is 0 Å². The van der Waals surface area contributed by atoms with Crippen LogP contribution in [0.1, 0.15) is 24.9 Å². The van der Waals surface area contributed by atoms with Crippen molar-refractivity contribution in [3.8, 4) is 0 Å². The fourth-order valence-corrected chi connectivity index (χ4v) is 1.25. The molecular formula is C12H17NO2. The summed E-state index contributed by atoms with van der Waals surface area (Å²) in [7, 11) is 0. The van der Waals surface area contributed by atoms with E-state index in [-0.39, 0.29) is 12.4 Å². The average molecular weight is 207 g/mol. The van der Waals surface area contributed by atoms with E-state index in [1.807, 2.05) is 37.3 Å². The third kappa shape index (κ3) is 3.81. The summed E-state index contributed by atoms with van der Waals surface area (Å²) < 4.78 is 5.16. The molecule has 0 bridgehead atoms. The Hall–Kier alpha value is -1.19. The van der Waals surface area contributed by atoms with E-state index in [0.717, 1.165) is 12.0 Å². The first-order chi connectivity index (χ1) is 7.25. The van der Waals surface area contributed by atoms with Gasteiger partial charge in [0.25, 0.3) is 0 Å². The number of ether oxygens (including phenoxy) is 1. The summed E-state index contributed by atoms with van der Waals surface area (Å²) in [5.41, 5.74) is 6.63. The molecule has 3 heteroatoms. The van der Waals surface area contributed by atoms with E-state index in [1.165, 1.54) is 0 Å². The van der Waals surface area contributed by atoms with Gasteiger partial charge in [-0.05, 0) is 12.0 Å². The molecular weight excluding hydrogens is 190 g/mol. The maximum Gasteiger partial charge on any atom is 0.179 e. The Morgan fingerprint density at radius 3 is 2.67 bits per heavy atom. The van der Waals surface area contributed by atoms with Crippen LogP contribution in [0.4, 0.5) is 0 Å². The molecule has 1 aromatic carbocycles. The van der Waals surface area contributed by atoms with Crippen molar-refractivity contribution >= 4 is 5.78 Å². The minimum atomic E-state index is -0.567. The molecule has 82 valence electrons. The Morgan fingerprint density at radius 2 is 2.07 bits per heavy atom. The van der Waals surface area contributed by atoms with Crippen molar-refractivity contribution in [2.24, 2.45) is 5.73 Å². The normalized spacial score (nSPS) is 12.4. The summed E-state index contributed by atoms with van der Waals surface area (Å²) >= 11 is 0. The molecule has 2 N–H and O–H groups in total. The van der Waals surface area contributed by atoms with Gasteiger partial charge in [-0.3, -0.25) is 4.79 Å². The number of carbonyl (C=O) groups excluding carboxylic acids is 1. The SMILES string of the molecule is CCCOCC(=O)C(N)c1ccccc1. The van der Waals surface area contributed by atoms with Crippen LogP contribution in [0.25, 0.3) is 0 Å². The number of rotatable bonds is 6. The monoisotopic (exact) mass is 207 g/mol. The molecule has 0 spiro atoms. The number of benzene rings is 1. The third-order valence-corrected chi connectivity index (χ3v) is 2.10. The lowest BCUT2D eigenvalue weighted by Crippen LogP contribution is -2.25. The first-order valence-corrected chi connectivity index (χ1v) is 5.16. The summed E-state index contributed by atoms with van der Waals surface area (Å²) in [6.07, 6.45) is 0.911. The number of hydrogen-bond donors (Lipinski definition) is 1. The van der Waals surface area contributed by atoms with Crippen molar-refractivity contribution < 1.29 is 9.53 Å². The molecule has 0 radical (unpaired) electrons. The van der Waals surface area contributed by atoms with Gasteiger partial charge < -0.3 is 10.5 Å². The van der Waals surface area contributed by atoms with E-state index in [1.54, 1.807) is 0 Å². The lowest BCUT2D eigenvalue weighted by Gasteiger charge is -2.10. The summed E-state index contributed by atoms with van der Waals surface area (Å²) in [4.78, 5) is 11.6. The van der Waals surface area contributed by atoms with Gasteiger partial charge in [0, 0.05) is 6.61 Å². The van der Waals surface area contributed by atoms with Crippen LogP contribution in [0, 0.1) is 0 Å². The Morgan fingerprint density at radius 1 is 1.40 bits per heavy atom. The topological polar surface area (TPSA) is 52.3 Å². The summed E-state index contributed by atoms with van der Waals surface area (Å²) in [5.74, 6) is -0.0744. The van der Waals surface area contributed by atoms with Crippen LogP contribution in [-0.4, -0.2) is 19.0 Å². The molecule has 0 saturated heterocycles. The molecule has 15 heavy (non-hydrogen) atoms. The number of hydrogen-bond acceptors (Lipinski definition) is 3. The first-order valence-electron chi connectivity index (χ1n) is 5.16. The molecule has 0 saturated carbocycles. The van der Waals surface area contributed by atoms with Crippen LogP contribution in [0.3, 0.4) is 0 Å². The van der Waals surface area contributed by atoms with Crippen molar-refractivity contribution in [2.75, 3.05) is 13.2 Å². The number of Topliss-reactive ketones (excluding diaryl/α,β-unsaturated/α-hetero) is 1. The molecule has 1 atom stereocenters. The van der Waals surface area contributed by atoms with E-state index in [2.05, 4.69) is 0 Å². The Kier molecular flexibility index (Phi) is 5.01. The van der Waals surface area contributed by atoms with E-state index >= 15 is 0 Å². The molecule has 1 aromatic rings. The lowest BCUT2D eigenvalue weighted by molar-refractivity contribution is -0.125. The van der Waals surface area contributed by atoms with Gasteiger partial charge in [0.2, 0.25) is 0 Å². The molecule has 0 fully saturated rings. The van der Waals surface area contributed by atoms with Gasteiger partial charge in [0.15, 0.2) is 5.78 Å². The molecule has 0 aliphatic rings. The van der Waals surface area contributed by atoms with Crippen molar-refractivity contribution in [3.05, 3.63) is 35.9 Å². The van der Waals surface area contributed by atoms with Crippen LogP contribution in [-0.2, 0) is 9.53 Å². The Labute approximate surface area is 90.2 Å². The highest BCUT2D eigenvalue weighted by molar-refractivity contribution is 5.86. The second-order valence-corrected chi connectivity index (χ2v) is 3.41. The number of ketones is 1. The van der Waals surface area contributed by atoms with E-state index in [9.17, 15) is 4.79 Å². The number of nitrogens with two attached hydrogens (primary N) is 1. The zero-order valence-corrected chi connectivity index (χ0v) is 8.98. The zero-order chi connectivity index (χ0) is 11.1. The average Bonchev–Trinajstić information content (AvgIpc) is 2.29. The predicted octanol–water partition coefficient (Wildman–Crippen LogP) is 1.68. The van der Waals surface area contributed by atoms with Gasteiger partial charge in [-0.1, -0.05) is 37.3 Å². The first kappa shape index (κ1) is 11.9. The number of carbonyl (C=O) groups is 1. The van der Waals surface area contributed by atoms with Crippen LogP contribution in [0.5, 0.6) is 0 Å². The van der Waals surface area contributed by atoms with Gasteiger partial charge in [-0.15, -0.1) is 0 Å². The van der Waals surface area contributed by atoms with Crippen LogP contribution in [0.15, 0.2) is 30.3 Å². The highest BCUT2D eigenvalue weighted by Crippen LogP contribution is 2.10. The van der Waals surface area contributed by atoms with Crippen molar-refractivity contribution in [1.29, 1.82) is 0 Å². The highest BCUT2D eigenvalue weighted by atomic mass is 16.5. The minimum absolute atomic E-state index is 0.0744. The molecule has 1 unspecified atom stereocenters. The van der Waals surface area contributed by atoms with E-state index in [4.69, 9.17) is 10.5 Å². The van der Waals surface area contributed by atoms with Crippen LogP contribution < -0.4 is 5.73 Å². The van der Waals surface area contributed by atoms with Gasteiger partial charge in [-0.2, -0.15) is 0 Å². The molecule has 0 heterocycles. The summed E-state index contributed by atoms with van der Waals surface area (Å²) in [6, 6.07) is 8.77. The fraction of sp³-hybridized carbons (Fsp3) is 0.417. The van der Waals surface area contributed by atoms with E-state index in [0.29, 0.717) is 6.61 Å². The summed E-state index contributed by atoms with van der Waals surface area (Å²) in [6.45, 7) is 2.71. The zero-order valence-electron chi connectivity index (χ0n) is 8.98. The second-order valence-electron chi connectivity index (χ2n) is 3.41. The maximum atomic E-state index is 11.6. The van der Waals surface area contributed by atoms with Gasteiger partial charge in [-0.25, -0.2) is 0 Å². The second kappa shape index (κ2) is 6.32. The summed E-state index contributed by atoms with van der Waals surface area (Å²) in [5, 5.41) is 0. The molecule has 0 amide bonds. The predicted molar refractivity (Wildman–Crippen MR) is 59.5 cm³/mol. The maximum absolute atomic E-state index is 11.6. The molecule has 0 aromatic heterocycles. The minimum Gasteiger partial charge on any atom is -0.374 e. The molecule has 0 aliphatic carbocycles. The largest absolute Gasteiger partial charge is 0.374 e. The van der Waals surface area contributed by atoms with E-state index < -0.39 is 6.04 Å². The van der Waals surface area contributed by atoms with Gasteiger partial charge in [0.05, 0.1) is 6.04 Å². The van der Waals surface area contributed by atoms with Gasteiger partial charge in [0.1, 0.15) is 6.61 Å². The molecule has 3 nitrogen and oxygen atoms in total. The Balaban J connectivity index is 2.46. The smallest absolute Gasteiger partial charge is 0.179 e. The van der Waals surface area contributed by atoms with Crippen LogP contribution >= 0.6 is 0 Å². The standard InChI is InChI=1S/C12H17NO2/c1-2-8-15-9-11(14)12(13)10-6-4-3-5-7-10/h3-7,12H,2,8-9,13H2,1H3. The molecule has 0 aliphatic heterocycles. The Bertz CT molecular complexity index is 298. The quantitative estimate of drug-likeness (QED) is 0.722. The lowest BCUT2D eigenvalue weighted by atomic mass is 10.0. The van der Waals surface area contributed by atoms with Crippen molar-refractivity contribution in [2.45, 2.75) is 19.4 Å².